The SMILES string of the molecule is C[C@@H]1CC[C@H](C(=O)O)[C@H](C)N1C(=O)C1CCCO1. The second-order valence-corrected chi connectivity index (χ2v) is 5.36. The third-order valence-electron chi connectivity index (χ3n) is 4.17. The van der Waals surface area contributed by atoms with Gasteiger partial charge in [0.2, 0.25) is 0 Å². The molecule has 2 aliphatic heterocycles. The van der Waals surface area contributed by atoms with Crippen molar-refractivity contribution in [2.75, 3.05) is 6.61 Å². The Labute approximate surface area is 107 Å². The van der Waals surface area contributed by atoms with E-state index in [0.717, 1.165) is 19.3 Å². The number of ether oxygens (including phenoxy) is 1. The van der Waals surface area contributed by atoms with Gasteiger partial charge in [-0.1, -0.05) is 0 Å². The molecule has 2 rings (SSSR count). The maximum absolute atomic E-state index is 12.4. The topological polar surface area (TPSA) is 66.8 Å². The number of likely N-dealkylation sites (tertiary alicyclic amines) is 1. The van der Waals surface area contributed by atoms with Gasteiger partial charge in [-0.25, -0.2) is 0 Å². The number of rotatable bonds is 2. The van der Waals surface area contributed by atoms with Gasteiger partial charge in [0.05, 0.1) is 5.92 Å². The van der Waals surface area contributed by atoms with Gasteiger partial charge in [-0.15, -0.1) is 0 Å². The lowest BCUT2D eigenvalue weighted by molar-refractivity contribution is -0.156. The number of nitrogens with zero attached hydrogens (tertiary/aromatic N) is 1. The molecule has 5 heteroatoms. The molecule has 0 bridgehead atoms. The Morgan fingerprint density at radius 2 is 1.94 bits per heavy atom. The van der Waals surface area contributed by atoms with E-state index in [1.807, 2.05) is 13.8 Å². The van der Waals surface area contributed by atoms with Gasteiger partial charge in [0.25, 0.3) is 5.91 Å². The lowest BCUT2D eigenvalue weighted by atomic mass is 9.86. The number of hydrogen-bond donors (Lipinski definition) is 1. The molecule has 2 fully saturated rings. The van der Waals surface area contributed by atoms with E-state index in [1.54, 1.807) is 4.90 Å². The molecule has 1 unspecified atom stereocenters. The predicted molar refractivity (Wildman–Crippen MR) is 65.1 cm³/mol. The molecule has 2 saturated heterocycles. The zero-order chi connectivity index (χ0) is 13.3. The van der Waals surface area contributed by atoms with Gasteiger partial charge in [-0.3, -0.25) is 9.59 Å². The van der Waals surface area contributed by atoms with Crippen molar-refractivity contribution in [3.63, 3.8) is 0 Å². The molecule has 1 N–H and O–H groups in total. The van der Waals surface area contributed by atoms with E-state index >= 15 is 0 Å². The predicted octanol–water partition coefficient (Wildman–Crippen LogP) is 1.27. The van der Waals surface area contributed by atoms with Crippen LogP contribution in [0.25, 0.3) is 0 Å². The third kappa shape index (κ3) is 2.36. The summed E-state index contributed by atoms with van der Waals surface area (Å²) in [6, 6.07) is -0.143. The van der Waals surface area contributed by atoms with E-state index in [2.05, 4.69) is 0 Å². The molecule has 5 nitrogen and oxygen atoms in total. The average molecular weight is 255 g/mol. The van der Waals surface area contributed by atoms with Gasteiger partial charge in [-0.2, -0.15) is 0 Å². The van der Waals surface area contributed by atoms with Crippen LogP contribution >= 0.6 is 0 Å². The van der Waals surface area contributed by atoms with E-state index in [9.17, 15) is 14.7 Å². The molecular formula is C13H21NO4. The van der Waals surface area contributed by atoms with E-state index in [0.29, 0.717) is 13.0 Å². The Hall–Kier alpha value is -1.10. The molecular weight excluding hydrogens is 234 g/mol. The zero-order valence-electron chi connectivity index (χ0n) is 11.0. The van der Waals surface area contributed by atoms with Crippen molar-refractivity contribution in [2.45, 2.75) is 57.7 Å². The molecule has 1 amide bonds. The van der Waals surface area contributed by atoms with Crippen molar-refractivity contribution in [1.29, 1.82) is 0 Å². The first-order valence-corrected chi connectivity index (χ1v) is 6.69. The molecule has 102 valence electrons. The van der Waals surface area contributed by atoms with Crippen LogP contribution in [0.5, 0.6) is 0 Å². The minimum absolute atomic E-state index is 0.0292. The lowest BCUT2D eigenvalue weighted by Gasteiger charge is -2.43. The van der Waals surface area contributed by atoms with Crippen LogP contribution < -0.4 is 0 Å². The Kier molecular flexibility index (Phi) is 3.90. The summed E-state index contributed by atoms with van der Waals surface area (Å²) >= 11 is 0. The fourth-order valence-electron chi connectivity index (χ4n) is 3.08. The molecule has 0 aromatic heterocycles. The van der Waals surface area contributed by atoms with Crippen LogP contribution in [0.15, 0.2) is 0 Å². The first-order chi connectivity index (χ1) is 8.52. The molecule has 2 aliphatic rings. The van der Waals surface area contributed by atoms with Crippen molar-refractivity contribution in [3.8, 4) is 0 Å². The number of piperidine rings is 1. The first kappa shape index (κ1) is 13.3. The van der Waals surface area contributed by atoms with Gasteiger partial charge in [-0.05, 0) is 39.5 Å². The fraction of sp³-hybridized carbons (Fsp3) is 0.846. The summed E-state index contributed by atoms with van der Waals surface area (Å²) in [5, 5.41) is 9.19. The quantitative estimate of drug-likeness (QED) is 0.806. The monoisotopic (exact) mass is 255 g/mol. The fourth-order valence-corrected chi connectivity index (χ4v) is 3.08. The number of aliphatic carboxylic acids is 1. The van der Waals surface area contributed by atoms with Crippen molar-refractivity contribution >= 4 is 11.9 Å². The maximum Gasteiger partial charge on any atom is 0.308 e. The number of carbonyl (C=O) groups is 2. The van der Waals surface area contributed by atoms with Crippen molar-refractivity contribution in [2.24, 2.45) is 5.92 Å². The number of hydrogen-bond acceptors (Lipinski definition) is 3. The highest BCUT2D eigenvalue weighted by molar-refractivity contribution is 5.83. The molecule has 0 aromatic rings. The minimum Gasteiger partial charge on any atom is -0.481 e. The van der Waals surface area contributed by atoms with Crippen LogP contribution in [0, 0.1) is 5.92 Å². The van der Waals surface area contributed by atoms with Crippen LogP contribution in [0.2, 0.25) is 0 Å². The van der Waals surface area contributed by atoms with Gasteiger partial charge < -0.3 is 14.7 Å². The summed E-state index contributed by atoms with van der Waals surface area (Å²) in [5.74, 6) is -1.29. The van der Waals surface area contributed by atoms with Crippen LogP contribution in [-0.4, -0.2) is 46.7 Å². The molecule has 0 radical (unpaired) electrons. The van der Waals surface area contributed by atoms with Crippen LogP contribution in [0.3, 0.4) is 0 Å². The molecule has 0 aromatic carbocycles. The summed E-state index contributed by atoms with van der Waals surface area (Å²) in [6.45, 7) is 4.46. The van der Waals surface area contributed by atoms with Gasteiger partial charge in [0, 0.05) is 18.7 Å². The number of carboxylic acid groups (broad SMARTS) is 1. The van der Waals surface area contributed by atoms with E-state index in [4.69, 9.17) is 4.74 Å². The van der Waals surface area contributed by atoms with Gasteiger partial charge in [0.1, 0.15) is 6.10 Å². The Bertz CT molecular complexity index is 338. The maximum atomic E-state index is 12.4. The third-order valence-corrected chi connectivity index (χ3v) is 4.17. The average Bonchev–Trinajstić information content (AvgIpc) is 2.81. The smallest absolute Gasteiger partial charge is 0.308 e. The van der Waals surface area contributed by atoms with Crippen molar-refractivity contribution in [1.82, 2.24) is 4.90 Å². The Morgan fingerprint density at radius 1 is 1.22 bits per heavy atom. The summed E-state index contributed by atoms with van der Waals surface area (Å²) in [5.41, 5.74) is 0. The second-order valence-electron chi connectivity index (χ2n) is 5.36. The van der Waals surface area contributed by atoms with Crippen LogP contribution in [0.4, 0.5) is 0 Å². The van der Waals surface area contributed by atoms with Crippen LogP contribution in [-0.2, 0) is 14.3 Å². The summed E-state index contributed by atoms with van der Waals surface area (Å²) < 4.78 is 5.42. The second kappa shape index (κ2) is 5.26. The summed E-state index contributed by atoms with van der Waals surface area (Å²) in [6.07, 6.45) is 2.71. The standard InChI is InChI=1S/C13H21NO4/c1-8-5-6-10(13(16)17)9(2)14(8)12(15)11-4-3-7-18-11/h8-11H,3-7H2,1-2H3,(H,16,17)/t8-,9+,10+,11?/m1/s1. The summed E-state index contributed by atoms with van der Waals surface area (Å²) in [7, 11) is 0. The molecule has 0 aliphatic carbocycles. The minimum atomic E-state index is -0.806. The zero-order valence-corrected chi connectivity index (χ0v) is 11.0. The molecule has 0 saturated carbocycles. The first-order valence-electron chi connectivity index (χ1n) is 6.69. The van der Waals surface area contributed by atoms with Crippen LogP contribution in [0.1, 0.15) is 39.5 Å². The number of carboxylic acids is 1. The van der Waals surface area contributed by atoms with Gasteiger partial charge in [0.15, 0.2) is 0 Å². The normalized spacial score (nSPS) is 36.7. The largest absolute Gasteiger partial charge is 0.481 e. The van der Waals surface area contributed by atoms with Crippen molar-refractivity contribution < 1.29 is 19.4 Å². The highest BCUT2D eigenvalue weighted by atomic mass is 16.5. The summed E-state index contributed by atoms with van der Waals surface area (Å²) in [4.78, 5) is 25.3. The highest BCUT2D eigenvalue weighted by Crippen LogP contribution is 2.30. The van der Waals surface area contributed by atoms with E-state index in [1.165, 1.54) is 0 Å². The number of carbonyl (C=O) groups excluding carboxylic acids is 1. The van der Waals surface area contributed by atoms with Crippen molar-refractivity contribution in [3.05, 3.63) is 0 Å². The highest BCUT2D eigenvalue weighted by Gasteiger charge is 2.41. The molecule has 2 heterocycles. The molecule has 18 heavy (non-hydrogen) atoms. The Balaban J connectivity index is 2.12. The lowest BCUT2D eigenvalue weighted by Crippen LogP contribution is -2.55. The van der Waals surface area contributed by atoms with E-state index < -0.39 is 11.9 Å². The van der Waals surface area contributed by atoms with Gasteiger partial charge >= 0.3 is 5.97 Å². The Morgan fingerprint density at radius 3 is 2.50 bits per heavy atom. The number of amides is 1. The van der Waals surface area contributed by atoms with E-state index in [-0.39, 0.29) is 24.1 Å². The molecule has 0 spiro atoms. The molecule has 4 atom stereocenters.